The highest BCUT2D eigenvalue weighted by Crippen LogP contribution is 2.36. The maximum absolute atomic E-state index is 13.0. The van der Waals surface area contributed by atoms with E-state index in [-0.39, 0.29) is 5.82 Å². The molecule has 1 amide bonds. The van der Waals surface area contributed by atoms with Gasteiger partial charge in [-0.3, -0.25) is 4.79 Å². The molecular weight excluding hydrogens is 340 g/mol. The van der Waals surface area contributed by atoms with Gasteiger partial charge in [0.05, 0.1) is 12.1 Å². The van der Waals surface area contributed by atoms with Crippen LogP contribution in [0.15, 0.2) is 29.4 Å². The van der Waals surface area contributed by atoms with Crippen LogP contribution >= 0.6 is 0 Å². The van der Waals surface area contributed by atoms with Crippen LogP contribution in [0.5, 0.6) is 0 Å². The van der Waals surface area contributed by atoms with Crippen LogP contribution in [0.25, 0.3) is 0 Å². The number of hydrogen-bond donors (Lipinski definition) is 0. The van der Waals surface area contributed by atoms with Gasteiger partial charge in [-0.05, 0) is 17.7 Å². The van der Waals surface area contributed by atoms with Crippen molar-refractivity contribution in [2.45, 2.75) is 43.9 Å². The van der Waals surface area contributed by atoms with E-state index in [0.29, 0.717) is 32.4 Å². The van der Waals surface area contributed by atoms with Crippen molar-refractivity contribution in [3.05, 3.63) is 35.6 Å². The highest BCUT2D eigenvalue weighted by atomic mass is 19.4. The van der Waals surface area contributed by atoms with Crippen LogP contribution in [-0.4, -0.2) is 41.4 Å². The first-order valence-corrected chi connectivity index (χ1v) is 8.12. The predicted molar refractivity (Wildman–Crippen MR) is 82.5 cm³/mol. The number of amides is 1. The van der Waals surface area contributed by atoms with E-state index in [4.69, 9.17) is 4.84 Å². The molecule has 0 N–H and O–H groups in total. The van der Waals surface area contributed by atoms with Crippen molar-refractivity contribution in [3.8, 4) is 0 Å². The molecule has 2 aliphatic heterocycles. The molecule has 0 atom stereocenters. The van der Waals surface area contributed by atoms with Crippen LogP contribution in [-0.2, 0) is 9.63 Å². The van der Waals surface area contributed by atoms with Crippen LogP contribution in [0, 0.1) is 5.82 Å². The number of alkyl halides is 3. The molecule has 0 aromatic heterocycles. The zero-order chi connectivity index (χ0) is 18.1. The molecule has 1 saturated heterocycles. The first kappa shape index (κ1) is 17.7. The summed E-state index contributed by atoms with van der Waals surface area (Å²) in [5, 5.41) is 4.09. The zero-order valence-corrected chi connectivity index (χ0v) is 13.5. The lowest BCUT2D eigenvalue weighted by Crippen LogP contribution is -2.47. The number of rotatable bonds is 3. The molecule has 0 saturated carbocycles. The van der Waals surface area contributed by atoms with Crippen molar-refractivity contribution in [1.29, 1.82) is 0 Å². The Bertz CT molecular complexity index is 662. The molecule has 1 aromatic rings. The second kappa shape index (κ2) is 6.65. The minimum absolute atomic E-state index is 0.330. The third-order valence-corrected chi connectivity index (χ3v) is 4.67. The van der Waals surface area contributed by atoms with Crippen molar-refractivity contribution in [2.75, 3.05) is 13.1 Å². The summed E-state index contributed by atoms with van der Waals surface area (Å²) in [6.07, 6.45) is -4.36. The summed E-state index contributed by atoms with van der Waals surface area (Å²) in [6, 6.07) is 5.97. The van der Waals surface area contributed by atoms with E-state index < -0.39 is 30.5 Å². The van der Waals surface area contributed by atoms with E-state index in [1.54, 1.807) is 12.1 Å². The summed E-state index contributed by atoms with van der Waals surface area (Å²) < 4.78 is 49.7. The Morgan fingerprint density at radius 1 is 1.20 bits per heavy atom. The molecule has 0 aliphatic carbocycles. The predicted octanol–water partition coefficient (Wildman–Crippen LogP) is 3.65. The van der Waals surface area contributed by atoms with Gasteiger partial charge in [-0.25, -0.2) is 4.39 Å². The maximum atomic E-state index is 13.0. The monoisotopic (exact) mass is 358 g/mol. The summed E-state index contributed by atoms with van der Waals surface area (Å²) >= 11 is 0. The summed E-state index contributed by atoms with van der Waals surface area (Å²) in [4.78, 5) is 18.9. The van der Waals surface area contributed by atoms with Gasteiger partial charge in [0.2, 0.25) is 5.91 Å². The number of carbonyl (C=O) groups excluding carboxylic acids is 1. The highest BCUT2D eigenvalue weighted by molar-refractivity contribution is 6.01. The average molecular weight is 358 g/mol. The fraction of sp³-hybridized carbons (Fsp3) is 0.529. The van der Waals surface area contributed by atoms with Crippen LogP contribution in [0.4, 0.5) is 17.6 Å². The van der Waals surface area contributed by atoms with E-state index in [9.17, 15) is 22.4 Å². The van der Waals surface area contributed by atoms with E-state index in [0.717, 1.165) is 11.3 Å². The molecule has 0 radical (unpaired) electrons. The van der Waals surface area contributed by atoms with Crippen molar-refractivity contribution >= 4 is 11.6 Å². The van der Waals surface area contributed by atoms with Crippen LogP contribution < -0.4 is 0 Å². The summed E-state index contributed by atoms with van der Waals surface area (Å²) in [5.74, 6) is -0.812. The summed E-state index contributed by atoms with van der Waals surface area (Å²) in [5.41, 5.74) is 0.976. The molecule has 2 heterocycles. The third kappa shape index (κ3) is 4.29. The second-order valence-electron chi connectivity index (χ2n) is 6.49. The maximum Gasteiger partial charge on any atom is 0.389 e. The highest BCUT2D eigenvalue weighted by Gasteiger charge is 2.43. The Hall–Kier alpha value is -2.12. The van der Waals surface area contributed by atoms with Gasteiger partial charge in [0.15, 0.2) is 0 Å². The number of carbonyl (C=O) groups is 1. The Labute approximate surface area is 142 Å². The van der Waals surface area contributed by atoms with Gasteiger partial charge in [0.25, 0.3) is 0 Å². The fourth-order valence-corrected chi connectivity index (χ4v) is 3.16. The first-order chi connectivity index (χ1) is 11.8. The number of piperidine rings is 1. The van der Waals surface area contributed by atoms with Crippen LogP contribution in [0.2, 0.25) is 0 Å². The molecule has 1 spiro atoms. The Balaban J connectivity index is 1.53. The molecule has 0 bridgehead atoms. The number of halogens is 4. The number of benzene rings is 1. The largest absolute Gasteiger partial charge is 0.389 e. The van der Waals surface area contributed by atoms with Crippen molar-refractivity contribution in [3.63, 3.8) is 0 Å². The first-order valence-electron chi connectivity index (χ1n) is 8.12. The number of nitrogens with zero attached hydrogens (tertiary/aromatic N) is 2. The van der Waals surface area contributed by atoms with Gasteiger partial charge < -0.3 is 9.74 Å². The molecule has 4 nitrogen and oxygen atoms in total. The van der Waals surface area contributed by atoms with Crippen molar-refractivity contribution in [2.24, 2.45) is 5.16 Å². The van der Waals surface area contributed by atoms with Gasteiger partial charge in [0.1, 0.15) is 11.4 Å². The van der Waals surface area contributed by atoms with Gasteiger partial charge in [-0.15, -0.1) is 0 Å². The molecule has 0 unspecified atom stereocenters. The minimum Gasteiger partial charge on any atom is -0.388 e. The topological polar surface area (TPSA) is 41.9 Å². The average Bonchev–Trinajstić information content (AvgIpc) is 2.97. The van der Waals surface area contributed by atoms with Crippen LogP contribution in [0.3, 0.4) is 0 Å². The lowest BCUT2D eigenvalue weighted by molar-refractivity contribution is -0.152. The second-order valence-corrected chi connectivity index (χ2v) is 6.49. The molecule has 3 rings (SSSR count). The number of likely N-dealkylation sites (tertiary alicyclic amines) is 1. The molecule has 8 heteroatoms. The quantitative estimate of drug-likeness (QED) is 0.774. The van der Waals surface area contributed by atoms with Gasteiger partial charge >= 0.3 is 6.18 Å². The smallest absolute Gasteiger partial charge is 0.388 e. The molecule has 2 aliphatic rings. The van der Waals surface area contributed by atoms with Gasteiger partial charge in [-0.2, -0.15) is 13.2 Å². The normalized spacial score (nSPS) is 19.7. The molecule has 1 fully saturated rings. The van der Waals surface area contributed by atoms with E-state index >= 15 is 0 Å². The third-order valence-electron chi connectivity index (χ3n) is 4.67. The summed E-state index contributed by atoms with van der Waals surface area (Å²) in [7, 11) is 0. The molecular formula is C17H18F4N2O2. The van der Waals surface area contributed by atoms with Crippen molar-refractivity contribution < 1.29 is 27.2 Å². The van der Waals surface area contributed by atoms with Gasteiger partial charge in [-0.1, -0.05) is 17.3 Å². The lowest BCUT2D eigenvalue weighted by Gasteiger charge is -2.37. The summed E-state index contributed by atoms with van der Waals surface area (Å²) in [6.45, 7) is 0.700. The SMILES string of the molecule is O=C(CCC(F)(F)F)N1CCC2(CC1)CC(c1ccc(F)cc1)=NO2. The molecule has 1 aromatic carbocycles. The Morgan fingerprint density at radius 3 is 2.44 bits per heavy atom. The Morgan fingerprint density at radius 2 is 1.84 bits per heavy atom. The molecule has 25 heavy (non-hydrogen) atoms. The standard InChI is InChI=1S/C17H18F4N2O2/c18-13-3-1-12(2-4-13)14-11-16(25-22-14)7-9-23(10-8-16)15(24)5-6-17(19,20)21/h1-4H,5-11H2. The fourth-order valence-electron chi connectivity index (χ4n) is 3.16. The van der Waals surface area contributed by atoms with Crippen molar-refractivity contribution in [1.82, 2.24) is 4.90 Å². The number of hydrogen-bond acceptors (Lipinski definition) is 3. The zero-order valence-electron chi connectivity index (χ0n) is 13.5. The van der Waals surface area contributed by atoms with Gasteiger partial charge in [0, 0.05) is 38.8 Å². The minimum atomic E-state index is -4.32. The lowest BCUT2D eigenvalue weighted by atomic mass is 9.85. The van der Waals surface area contributed by atoms with E-state index in [2.05, 4.69) is 5.16 Å². The Kier molecular flexibility index (Phi) is 4.71. The van der Waals surface area contributed by atoms with E-state index in [1.807, 2.05) is 0 Å². The number of oxime groups is 1. The van der Waals surface area contributed by atoms with E-state index in [1.165, 1.54) is 17.0 Å². The van der Waals surface area contributed by atoms with Crippen LogP contribution in [0.1, 0.15) is 37.7 Å². The molecule has 136 valence electrons.